The molecule has 2 rings (SSSR count). The molecule has 0 amide bonds. The SMILES string of the molecule is CCC(C)(C)OC1CCCc2ccccc2C1O. The second-order valence-electron chi connectivity index (χ2n) is 5.81. The van der Waals surface area contributed by atoms with Gasteiger partial charge in [-0.05, 0) is 50.7 Å². The van der Waals surface area contributed by atoms with Gasteiger partial charge in [-0.2, -0.15) is 0 Å². The summed E-state index contributed by atoms with van der Waals surface area (Å²) in [6.07, 6.45) is 3.44. The lowest BCUT2D eigenvalue weighted by molar-refractivity contribution is -0.123. The lowest BCUT2D eigenvalue weighted by Crippen LogP contribution is -2.33. The van der Waals surface area contributed by atoms with Gasteiger partial charge in [0, 0.05) is 0 Å². The highest BCUT2D eigenvalue weighted by atomic mass is 16.5. The van der Waals surface area contributed by atoms with Crippen LogP contribution in [0.3, 0.4) is 0 Å². The Labute approximate surface area is 110 Å². The molecule has 1 N–H and O–H groups in total. The first-order valence-corrected chi connectivity index (χ1v) is 6.97. The van der Waals surface area contributed by atoms with Crippen molar-refractivity contribution in [1.82, 2.24) is 0 Å². The molecule has 1 aliphatic carbocycles. The van der Waals surface area contributed by atoms with Crippen molar-refractivity contribution in [1.29, 1.82) is 0 Å². The van der Waals surface area contributed by atoms with Crippen molar-refractivity contribution in [2.24, 2.45) is 0 Å². The summed E-state index contributed by atoms with van der Waals surface area (Å²) in [6.45, 7) is 6.31. The summed E-state index contributed by atoms with van der Waals surface area (Å²) < 4.78 is 6.13. The predicted octanol–water partition coefficient (Wildman–Crippen LogP) is 3.63. The Morgan fingerprint density at radius 1 is 1.33 bits per heavy atom. The number of aryl methyl sites for hydroxylation is 1. The summed E-state index contributed by atoms with van der Waals surface area (Å²) in [5.74, 6) is 0. The number of aliphatic hydroxyl groups is 1. The third-order valence-electron chi connectivity index (χ3n) is 3.98. The Morgan fingerprint density at radius 2 is 2.06 bits per heavy atom. The molecule has 1 aliphatic rings. The summed E-state index contributed by atoms with van der Waals surface area (Å²) in [5.41, 5.74) is 2.16. The molecule has 1 aromatic carbocycles. The van der Waals surface area contributed by atoms with E-state index in [0.717, 1.165) is 31.2 Å². The van der Waals surface area contributed by atoms with Gasteiger partial charge in [-0.25, -0.2) is 0 Å². The summed E-state index contributed by atoms with van der Waals surface area (Å²) >= 11 is 0. The number of fused-ring (bicyclic) bond motifs is 1. The van der Waals surface area contributed by atoms with Crippen LogP contribution in [-0.2, 0) is 11.2 Å². The van der Waals surface area contributed by atoms with Crippen molar-refractivity contribution in [2.75, 3.05) is 0 Å². The van der Waals surface area contributed by atoms with Crippen molar-refractivity contribution < 1.29 is 9.84 Å². The van der Waals surface area contributed by atoms with Gasteiger partial charge in [0.05, 0.1) is 11.7 Å². The van der Waals surface area contributed by atoms with Gasteiger partial charge in [0.15, 0.2) is 0 Å². The fourth-order valence-electron chi connectivity index (χ4n) is 2.52. The van der Waals surface area contributed by atoms with Crippen molar-refractivity contribution in [3.63, 3.8) is 0 Å². The number of hydrogen-bond donors (Lipinski definition) is 1. The molecule has 18 heavy (non-hydrogen) atoms. The van der Waals surface area contributed by atoms with E-state index in [-0.39, 0.29) is 11.7 Å². The van der Waals surface area contributed by atoms with Crippen molar-refractivity contribution in [3.8, 4) is 0 Å². The number of aliphatic hydroxyl groups excluding tert-OH is 1. The van der Waals surface area contributed by atoms with Gasteiger partial charge in [0.1, 0.15) is 6.10 Å². The second-order valence-corrected chi connectivity index (χ2v) is 5.81. The zero-order chi connectivity index (χ0) is 13.2. The molecule has 0 aliphatic heterocycles. The van der Waals surface area contributed by atoms with E-state index in [9.17, 15) is 5.11 Å². The summed E-state index contributed by atoms with van der Waals surface area (Å²) in [4.78, 5) is 0. The maximum atomic E-state index is 10.5. The average molecular weight is 248 g/mol. The minimum Gasteiger partial charge on any atom is -0.386 e. The van der Waals surface area contributed by atoms with Crippen LogP contribution in [0.4, 0.5) is 0 Å². The van der Waals surface area contributed by atoms with Crippen LogP contribution in [0.5, 0.6) is 0 Å². The van der Waals surface area contributed by atoms with E-state index in [2.05, 4.69) is 26.8 Å². The first kappa shape index (κ1) is 13.6. The van der Waals surface area contributed by atoms with Crippen LogP contribution in [0, 0.1) is 0 Å². The van der Waals surface area contributed by atoms with Gasteiger partial charge >= 0.3 is 0 Å². The predicted molar refractivity (Wildman–Crippen MR) is 73.6 cm³/mol. The third kappa shape index (κ3) is 2.93. The molecular formula is C16H24O2. The Balaban J connectivity index is 2.20. The van der Waals surface area contributed by atoms with Gasteiger partial charge in [0.25, 0.3) is 0 Å². The minimum absolute atomic E-state index is 0.0800. The molecule has 2 nitrogen and oxygen atoms in total. The minimum atomic E-state index is -0.491. The number of benzene rings is 1. The van der Waals surface area contributed by atoms with Crippen molar-refractivity contribution in [2.45, 2.75) is 64.3 Å². The smallest absolute Gasteiger partial charge is 0.105 e. The first-order valence-electron chi connectivity index (χ1n) is 6.97. The third-order valence-corrected chi connectivity index (χ3v) is 3.98. The van der Waals surface area contributed by atoms with E-state index < -0.39 is 6.10 Å². The Morgan fingerprint density at radius 3 is 2.78 bits per heavy atom. The molecule has 1 aromatic rings. The summed E-state index contributed by atoms with van der Waals surface area (Å²) in [6, 6.07) is 8.19. The van der Waals surface area contributed by atoms with Gasteiger partial charge < -0.3 is 9.84 Å². The van der Waals surface area contributed by atoms with Gasteiger partial charge in [-0.1, -0.05) is 31.2 Å². The van der Waals surface area contributed by atoms with E-state index in [4.69, 9.17) is 4.74 Å². The van der Waals surface area contributed by atoms with Crippen LogP contribution < -0.4 is 0 Å². The summed E-state index contributed by atoms with van der Waals surface area (Å²) in [5, 5.41) is 10.5. The maximum Gasteiger partial charge on any atom is 0.105 e. The molecule has 100 valence electrons. The molecule has 0 bridgehead atoms. The van der Waals surface area contributed by atoms with Gasteiger partial charge in [-0.15, -0.1) is 0 Å². The van der Waals surface area contributed by atoms with E-state index >= 15 is 0 Å². The Kier molecular flexibility index (Phi) is 4.08. The number of hydrogen-bond acceptors (Lipinski definition) is 2. The topological polar surface area (TPSA) is 29.5 Å². The largest absolute Gasteiger partial charge is 0.386 e. The lowest BCUT2D eigenvalue weighted by atomic mass is 9.99. The standard InChI is InChI=1S/C16H24O2/c1-4-16(2,3)18-14-11-7-9-12-8-5-6-10-13(12)15(14)17/h5-6,8,10,14-15,17H,4,7,9,11H2,1-3H3. The first-order chi connectivity index (χ1) is 8.53. The second kappa shape index (κ2) is 5.41. The highest BCUT2D eigenvalue weighted by Gasteiger charge is 2.30. The highest BCUT2D eigenvalue weighted by molar-refractivity contribution is 5.31. The molecule has 2 heteroatoms. The lowest BCUT2D eigenvalue weighted by Gasteiger charge is -2.32. The van der Waals surface area contributed by atoms with Gasteiger partial charge in [-0.3, -0.25) is 0 Å². The molecule has 0 saturated heterocycles. The fourth-order valence-corrected chi connectivity index (χ4v) is 2.52. The van der Waals surface area contributed by atoms with E-state index in [1.54, 1.807) is 0 Å². The van der Waals surface area contributed by atoms with Crippen LogP contribution in [0.2, 0.25) is 0 Å². The Hall–Kier alpha value is -0.860. The van der Waals surface area contributed by atoms with Gasteiger partial charge in [0.2, 0.25) is 0 Å². The van der Waals surface area contributed by atoms with E-state index in [1.165, 1.54) is 5.56 Å². The zero-order valence-electron chi connectivity index (χ0n) is 11.6. The molecule has 2 atom stereocenters. The Bertz CT molecular complexity index is 398. The molecule has 0 fully saturated rings. The number of rotatable bonds is 3. The fraction of sp³-hybridized carbons (Fsp3) is 0.625. The molecule has 0 spiro atoms. The maximum absolute atomic E-state index is 10.5. The normalized spacial score (nSPS) is 24.4. The zero-order valence-corrected chi connectivity index (χ0v) is 11.6. The van der Waals surface area contributed by atoms with Crippen molar-refractivity contribution >= 4 is 0 Å². The summed E-state index contributed by atoms with van der Waals surface area (Å²) in [7, 11) is 0. The van der Waals surface area contributed by atoms with Crippen LogP contribution >= 0.6 is 0 Å². The van der Waals surface area contributed by atoms with E-state index in [1.807, 2.05) is 18.2 Å². The van der Waals surface area contributed by atoms with Crippen LogP contribution in [-0.4, -0.2) is 16.8 Å². The van der Waals surface area contributed by atoms with Crippen LogP contribution in [0.15, 0.2) is 24.3 Å². The average Bonchev–Trinajstić information content (AvgIpc) is 2.51. The molecule has 0 radical (unpaired) electrons. The molecule has 0 saturated carbocycles. The number of ether oxygens (including phenoxy) is 1. The van der Waals surface area contributed by atoms with Crippen LogP contribution in [0.25, 0.3) is 0 Å². The molecule has 2 unspecified atom stereocenters. The quantitative estimate of drug-likeness (QED) is 0.828. The molecule has 0 aromatic heterocycles. The molecular weight excluding hydrogens is 224 g/mol. The van der Waals surface area contributed by atoms with Crippen LogP contribution in [0.1, 0.15) is 57.3 Å². The highest BCUT2D eigenvalue weighted by Crippen LogP contribution is 2.33. The van der Waals surface area contributed by atoms with Crippen molar-refractivity contribution in [3.05, 3.63) is 35.4 Å². The molecule has 0 heterocycles. The van der Waals surface area contributed by atoms with E-state index in [0.29, 0.717) is 0 Å². The monoisotopic (exact) mass is 248 g/mol.